The first-order chi connectivity index (χ1) is 16.2. The van der Waals surface area contributed by atoms with Gasteiger partial charge in [0.05, 0.1) is 26.3 Å². The second kappa shape index (κ2) is 10.8. The molecule has 1 fully saturated rings. The van der Waals surface area contributed by atoms with Crippen LogP contribution in [0.1, 0.15) is 85.2 Å². The maximum absolute atomic E-state index is 13.4. The molecule has 1 saturated carbocycles. The Morgan fingerprint density at radius 2 is 2.03 bits per heavy atom. The van der Waals surface area contributed by atoms with Gasteiger partial charge in [-0.25, -0.2) is 4.98 Å². The molecule has 2 aromatic rings. The van der Waals surface area contributed by atoms with Crippen molar-refractivity contribution in [2.24, 2.45) is 0 Å². The molecule has 186 valence electrons. The van der Waals surface area contributed by atoms with Gasteiger partial charge in [-0.3, -0.25) is 10.2 Å². The molecular formula is C27H33BrN4O3. The molecule has 1 aliphatic carbocycles. The Hall–Kier alpha value is -2.92. The second-order valence-corrected chi connectivity index (χ2v) is 10.1. The highest BCUT2D eigenvalue weighted by molar-refractivity contribution is 8.93. The zero-order valence-corrected chi connectivity index (χ0v) is 22.5. The summed E-state index contributed by atoms with van der Waals surface area (Å²) in [5.74, 6) is 1.86. The quantitative estimate of drug-likeness (QED) is 0.330. The fourth-order valence-electron chi connectivity index (χ4n) is 4.25. The van der Waals surface area contributed by atoms with E-state index in [4.69, 9.17) is 25.1 Å². The zero-order valence-electron chi connectivity index (χ0n) is 20.8. The number of carbonyl (C=O) groups is 1. The molecule has 1 aromatic carbocycles. The molecule has 35 heavy (non-hydrogen) atoms. The minimum Gasteiger partial charge on any atom is -0.493 e. The lowest BCUT2D eigenvalue weighted by molar-refractivity contribution is 0.0962. The van der Waals surface area contributed by atoms with E-state index in [1.807, 2.05) is 12.1 Å². The topological polar surface area (TPSA) is 99.3 Å². The predicted octanol–water partition coefficient (Wildman–Crippen LogP) is 5.55. The lowest BCUT2D eigenvalue weighted by Gasteiger charge is -2.25. The van der Waals surface area contributed by atoms with Crippen molar-refractivity contribution in [2.45, 2.75) is 64.3 Å². The van der Waals surface area contributed by atoms with Crippen molar-refractivity contribution in [3.63, 3.8) is 0 Å². The van der Waals surface area contributed by atoms with Gasteiger partial charge in [0.1, 0.15) is 11.5 Å². The summed E-state index contributed by atoms with van der Waals surface area (Å²) in [5.41, 5.74) is 3.88. The summed E-state index contributed by atoms with van der Waals surface area (Å²) in [4.78, 5) is 19.9. The van der Waals surface area contributed by atoms with E-state index in [0.29, 0.717) is 60.5 Å². The Morgan fingerprint density at radius 3 is 2.66 bits per heavy atom. The van der Waals surface area contributed by atoms with Gasteiger partial charge in [-0.05, 0) is 42.9 Å². The summed E-state index contributed by atoms with van der Waals surface area (Å²) < 4.78 is 11.6. The fourth-order valence-corrected chi connectivity index (χ4v) is 4.25. The number of hydrogen-bond donors (Lipinski definition) is 1. The van der Waals surface area contributed by atoms with E-state index >= 15 is 0 Å². The Labute approximate surface area is 217 Å². The lowest BCUT2D eigenvalue weighted by atomic mass is 9.84. The highest BCUT2D eigenvalue weighted by Crippen LogP contribution is 2.41. The second-order valence-electron chi connectivity index (χ2n) is 10.1. The molecule has 7 nitrogen and oxygen atoms in total. The van der Waals surface area contributed by atoms with Crippen LogP contribution in [-0.4, -0.2) is 41.8 Å². The molecule has 1 aromatic heterocycles. The number of fused-ring (bicyclic) bond motifs is 1. The van der Waals surface area contributed by atoms with Gasteiger partial charge in [-0.1, -0.05) is 26.8 Å². The summed E-state index contributed by atoms with van der Waals surface area (Å²) in [5, 5.41) is 17.4. The van der Waals surface area contributed by atoms with E-state index in [2.05, 4.69) is 32.9 Å². The number of nitrogens with one attached hydrogen (secondary N) is 1. The number of Topliss-reactive ketones (excluding diaryl/α,β-unsaturated/α-hetero) is 1. The number of aromatic nitrogens is 1. The largest absolute Gasteiger partial charge is 0.493 e. The predicted molar refractivity (Wildman–Crippen MR) is 140 cm³/mol. The van der Waals surface area contributed by atoms with Gasteiger partial charge in [0, 0.05) is 41.3 Å². The zero-order chi connectivity index (χ0) is 24.5. The highest BCUT2D eigenvalue weighted by atomic mass is 79.9. The normalized spacial score (nSPS) is 14.7. The van der Waals surface area contributed by atoms with Crippen molar-refractivity contribution in [1.82, 2.24) is 9.88 Å². The van der Waals surface area contributed by atoms with E-state index in [9.17, 15) is 4.79 Å². The van der Waals surface area contributed by atoms with Crippen molar-refractivity contribution in [3.8, 4) is 17.6 Å². The maximum Gasteiger partial charge on any atom is 0.182 e. The summed E-state index contributed by atoms with van der Waals surface area (Å²) in [6.07, 6.45) is 3.33. The number of ether oxygens (including phenoxy) is 2. The molecule has 0 saturated heterocycles. The van der Waals surface area contributed by atoms with Crippen LogP contribution in [0.5, 0.6) is 11.5 Å². The lowest BCUT2D eigenvalue weighted by Crippen LogP contribution is -2.30. The molecule has 0 spiro atoms. The summed E-state index contributed by atoms with van der Waals surface area (Å²) in [6, 6.07) is 9.82. The number of halogens is 1. The number of ketones is 1. The van der Waals surface area contributed by atoms with E-state index in [1.54, 1.807) is 18.1 Å². The third-order valence-corrected chi connectivity index (χ3v) is 6.31. The number of unbranched alkanes of at least 4 members (excludes halogenated alkanes) is 1. The van der Waals surface area contributed by atoms with Gasteiger partial charge < -0.3 is 14.4 Å². The number of nitriles is 1. The van der Waals surface area contributed by atoms with Crippen LogP contribution in [0, 0.1) is 16.7 Å². The molecule has 2 heterocycles. The van der Waals surface area contributed by atoms with Gasteiger partial charge in [-0.2, -0.15) is 5.26 Å². The van der Waals surface area contributed by atoms with Crippen LogP contribution in [0.15, 0.2) is 24.3 Å². The third kappa shape index (κ3) is 5.84. The molecule has 0 unspecified atom stereocenters. The summed E-state index contributed by atoms with van der Waals surface area (Å²) >= 11 is 0. The van der Waals surface area contributed by atoms with Gasteiger partial charge in [0.15, 0.2) is 17.3 Å². The van der Waals surface area contributed by atoms with Crippen molar-refractivity contribution in [3.05, 3.63) is 52.3 Å². The molecular weight excluding hydrogens is 508 g/mol. The third-order valence-electron chi connectivity index (χ3n) is 6.31. The first-order valence-electron chi connectivity index (χ1n) is 11.8. The first kappa shape index (κ1) is 26.7. The van der Waals surface area contributed by atoms with Gasteiger partial charge >= 0.3 is 0 Å². The van der Waals surface area contributed by atoms with Gasteiger partial charge in [0.25, 0.3) is 0 Å². The van der Waals surface area contributed by atoms with Crippen molar-refractivity contribution >= 4 is 28.6 Å². The maximum atomic E-state index is 13.4. The van der Waals surface area contributed by atoms with Gasteiger partial charge in [0.2, 0.25) is 0 Å². The van der Waals surface area contributed by atoms with Crippen molar-refractivity contribution < 1.29 is 14.3 Å². The summed E-state index contributed by atoms with van der Waals surface area (Å²) in [7, 11) is 1.60. The number of hydrogen-bond acceptors (Lipinski definition) is 6. The molecule has 4 rings (SSSR count). The first-order valence-corrected chi connectivity index (χ1v) is 11.8. The minimum atomic E-state index is -0.272. The fraction of sp³-hybridized carbons (Fsp3) is 0.481. The molecule has 0 bridgehead atoms. The number of nitrogens with zero attached hydrogens (tertiary/aromatic N) is 3. The number of pyridine rings is 1. The van der Waals surface area contributed by atoms with Crippen LogP contribution < -0.4 is 9.47 Å². The molecule has 0 atom stereocenters. The van der Waals surface area contributed by atoms with E-state index in [1.165, 1.54) is 0 Å². The van der Waals surface area contributed by atoms with Crippen LogP contribution in [-0.2, 0) is 12.0 Å². The molecule has 1 N–H and O–H groups in total. The standard InChI is InChI=1S/C27H32N4O3.BrH/c1-27(2,3)20-13-19(14-23(25(20)33-4)34-12-6-5-11-28)22(32)16-31-15-18-9-10-21(17-7-8-17)30-24(18)26(31)29;/h9-10,13-14,17,29H,5-8,12,15-16H2,1-4H3;1H. The molecule has 8 heteroatoms. The molecule has 1 aliphatic heterocycles. The van der Waals surface area contributed by atoms with Crippen molar-refractivity contribution in [1.29, 1.82) is 10.7 Å². The molecule has 0 radical (unpaired) electrons. The Bertz CT molecular complexity index is 1160. The number of methoxy groups -OCH3 is 1. The molecule has 2 aliphatic rings. The average molecular weight is 541 g/mol. The Kier molecular flexibility index (Phi) is 8.22. The van der Waals surface area contributed by atoms with Crippen molar-refractivity contribution in [2.75, 3.05) is 20.3 Å². The summed E-state index contributed by atoms with van der Waals surface area (Å²) in [6.45, 7) is 7.17. The SMILES string of the molecule is Br.COc1c(OCCCC#N)cc(C(=O)CN2Cc3ccc(C4CC4)nc3C2=N)cc1C(C)(C)C. The molecule has 0 amide bonds. The highest BCUT2D eigenvalue weighted by Gasteiger charge is 2.32. The van der Waals surface area contributed by atoms with Crippen LogP contribution in [0.2, 0.25) is 0 Å². The van der Waals surface area contributed by atoms with Crippen LogP contribution >= 0.6 is 17.0 Å². The number of carbonyl (C=O) groups excluding carboxylic acids is 1. The Balaban J connectivity index is 0.00000342. The van der Waals surface area contributed by atoms with E-state index in [-0.39, 0.29) is 34.7 Å². The van der Waals surface area contributed by atoms with Crippen LogP contribution in [0.3, 0.4) is 0 Å². The Morgan fingerprint density at radius 1 is 1.29 bits per heavy atom. The van der Waals surface area contributed by atoms with E-state index < -0.39 is 0 Å². The van der Waals surface area contributed by atoms with Crippen LogP contribution in [0.4, 0.5) is 0 Å². The number of rotatable bonds is 9. The smallest absolute Gasteiger partial charge is 0.182 e. The number of benzene rings is 1. The minimum absolute atomic E-state index is 0. The van der Waals surface area contributed by atoms with Crippen LogP contribution in [0.25, 0.3) is 0 Å². The monoisotopic (exact) mass is 540 g/mol. The number of amidine groups is 1. The van der Waals surface area contributed by atoms with Gasteiger partial charge in [-0.15, -0.1) is 17.0 Å². The average Bonchev–Trinajstić information content (AvgIpc) is 3.61. The van der Waals surface area contributed by atoms with E-state index in [0.717, 1.165) is 29.7 Å².